The van der Waals surface area contributed by atoms with Gasteiger partial charge in [-0.3, -0.25) is 18.8 Å². The summed E-state index contributed by atoms with van der Waals surface area (Å²) >= 11 is 12.4. The number of aliphatic carboxylic acids is 1. The molecule has 3 aromatic rings. The van der Waals surface area contributed by atoms with Crippen LogP contribution in [0.15, 0.2) is 35.3 Å². The molecule has 2 aliphatic heterocycles. The highest BCUT2D eigenvalue weighted by Gasteiger charge is 2.49. The number of hydrogen-bond acceptors (Lipinski definition) is 5. The molecule has 5 rings (SSSR count). The van der Waals surface area contributed by atoms with Crippen molar-refractivity contribution in [1.29, 1.82) is 0 Å². The molecule has 10 nitrogen and oxygen atoms in total. The highest BCUT2D eigenvalue weighted by Crippen LogP contribution is 2.27. The molecule has 0 aliphatic carbocycles. The largest absolute Gasteiger partial charge is 0.542 e. The number of fused-ring (bicyclic) bond motifs is 1. The summed E-state index contributed by atoms with van der Waals surface area (Å²) in [6.45, 7) is 1.30. The summed E-state index contributed by atoms with van der Waals surface area (Å²) < 4.78 is 47.7. The third-order valence-corrected chi connectivity index (χ3v) is 7.57. The smallest absolute Gasteiger partial charge is 0.430 e. The first kappa shape index (κ1) is 29.4. The van der Waals surface area contributed by atoms with E-state index in [1.165, 1.54) is 24.4 Å². The van der Waals surface area contributed by atoms with Crippen LogP contribution in [-0.4, -0.2) is 63.5 Å². The maximum absolute atomic E-state index is 14.6. The van der Waals surface area contributed by atoms with Crippen molar-refractivity contribution in [3.63, 3.8) is 0 Å². The number of piperidine rings is 1. The first-order chi connectivity index (χ1) is 18.7. The number of nitrogens with one attached hydrogen (secondary N) is 2. The van der Waals surface area contributed by atoms with Gasteiger partial charge in [-0.05, 0) is 23.8 Å². The quantitative estimate of drug-likeness (QED) is 0.374. The van der Waals surface area contributed by atoms with E-state index in [1.54, 1.807) is 15.4 Å². The molecule has 1 spiro atoms. The molecule has 1 aromatic carbocycles. The lowest BCUT2D eigenvalue weighted by molar-refractivity contribution is -0.703. The number of alkyl halides is 3. The van der Waals surface area contributed by atoms with Crippen molar-refractivity contribution in [3.8, 4) is 0 Å². The van der Waals surface area contributed by atoms with Gasteiger partial charge in [-0.25, -0.2) is 4.39 Å². The lowest BCUT2D eigenvalue weighted by Crippen LogP contribution is -2.96. The SMILES string of the molecule is O=C([O-])C(F)(F)F.O=C(c1cc(Cc2c[nH]c(=O)c3cc(Cl)c(Cl)n23)ccc1F)N1CCC2(CC1)[NH2+]CNC2=O. The third kappa shape index (κ3) is 5.78. The van der Waals surface area contributed by atoms with Crippen molar-refractivity contribution in [2.45, 2.75) is 31.0 Å². The Hall–Kier alpha value is -3.62. The molecule has 2 amide bonds. The predicted octanol–water partition coefficient (Wildman–Crippen LogP) is 0.588. The third-order valence-electron chi connectivity index (χ3n) is 6.82. The molecule has 2 fully saturated rings. The Bertz CT molecular complexity index is 1550. The molecule has 2 aromatic heterocycles. The number of nitrogens with two attached hydrogens (primary N) is 1. The summed E-state index contributed by atoms with van der Waals surface area (Å²) in [5, 5.41) is 14.0. The van der Waals surface area contributed by atoms with E-state index in [-0.39, 0.29) is 33.6 Å². The van der Waals surface area contributed by atoms with E-state index in [9.17, 15) is 31.9 Å². The molecule has 40 heavy (non-hydrogen) atoms. The van der Waals surface area contributed by atoms with Crippen LogP contribution in [0.1, 0.15) is 34.5 Å². The van der Waals surface area contributed by atoms with Crippen molar-refractivity contribution in [2.75, 3.05) is 19.8 Å². The Morgan fingerprint density at radius 3 is 2.35 bits per heavy atom. The first-order valence-electron chi connectivity index (χ1n) is 11.8. The second-order valence-electron chi connectivity index (χ2n) is 9.25. The second-order valence-corrected chi connectivity index (χ2v) is 10.0. The lowest BCUT2D eigenvalue weighted by atomic mass is 9.87. The minimum Gasteiger partial charge on any atom is -0.542 e. The second kappa shape index (κ2) is 11.1. The average molecular weight is 606 g/mol. The zero-order valence-electron chi connectivity index (χ0n) is 20.4. The van der Waals surface area contributed by atoms with Crippen molar-refractivity contribution < 1.29 is 42.4 Å². The van der Waals surface area contributed by atoms with Crippen molar-refractivity contribution in [2.24, 2.45) is 0 Å². The minimum atomic E-state index is -5.19. The highest BCUT2D eigenvalue weighted by molar-refractivity contribution is 6.42. The predicted molar refractivity (Wildman–Crippen MR) is 131 cm³/mol. The normalized spacial score (nSPS) is 16.6. The summed E-state index contributed by atoms with van der Waals surface area (Å²) in [5.41, 5.74) is 0.722. The molecule has 2 saturated heterocycles. The van der Waals surface area contributed by atoms with Gasteiger partial charge in [0, 0.05) is 44.2 Å². The van der Waals surface area contributed by atoms with E-state index in [0.717, 1.165) is 0 Å². The first-order valence-corrected chi connectivity index (χ1v) is 12.5. The van der Waals surface area contributed by atoms with E-state index >= 15 is 0 Å². The molecular formula is C24H21Cl2F4N5O5. The molecule has 0 atom stereocenters. The molecule has 16 heteroatoms. The van der Waals surface area contributed by atoms with Crippen LogP contribution in [-0.2, 0) is 16.0 Å². The van der Waals surface area contributed by atoms with Crippen molar-refractivity contribution >= 4 is 46.5 Å². The maximum Gasteiger partial charge on any atom is 0.430 e. The molecular weight excluding hydrogens is 585 g/mol. The number of rotatable bonds is 3. The van der Waals surface area contributed by atoms with Crippen LogP contribution in [0.4, 0.5) is 17.6 Å². The van der Waals surface area contributed by atoms with Crippen LogP contribution < -0.4 is 21.3 Å². The fourth-order valence-electron chi connectivity index (χ4n) is 4.70. The molecule has 4 N–H and O–H groups in total. The zero-order chi connectivity index (χ0) is 29.4. The number of carboxylic acid groups (broad SMARTS) is 1. The molecule has 2 aliphatic rings. The number of carbonyl (C=O) groups excluding carboxylic acids is 3. The van der Waals surface area contributed by atoms with E-state index < -0.39 is 29.4 Å². The number of aromatic amines is 1. The number of likely N-dealkylation sites (tertiary alicyclic amines) is 1. The molecule has 214 valence electrons. The Kier molecular flexibility index (Phi) is 8.15. The van der Waals surface area contributed by atoms with Gasteiger partial charge >= 0.3 is 6.18 Å². The van der Waals surface area contributed by atoms with Gasteiger partial charge in [0.2, 0.25) is 0 Å². The van der Waals surface area contributed by atoms with Crippen LogP contribution in [0.5, 0.6) is 0 Å². The van der Waals surface area contributed by atoms with Gasteiger partial charge < -0.3 is 30.4 Å². The summed E-state index contributed by atoms with van der Waals surface area (Å²) in [7, 11) is 0. The summed E-state index contributed by atoms with van der Waals surface area (Å²) in [5.74, 6) is -4.02. The Balaban J connectivity index is 0.000000470. The average Bonchev–Trinajstić information content (AvgIpc) is 3.41. The van der Waals surface area contributed by atoms with Crippen LogP contribution in [0.2, 0.25) is 10.2 Å². The number of carboxylic acids is 1. The molecule has 0 saturated carbocycles. The van der Waals surface area contributed by atoms with Crippen LogP contribution in [0.25, 0.3) is 5.52 Å². The molecule has 0 radical (unpaired) electrons. The maximum atomic E-state index is 14.6. The number of carbonyl (C=O) groups is 3. The summed E-state index contributed by atoms with van der Waals surface area (Å²) in [6, 6.07) is 5.85. The summed E-state index contributed by atoms with van der Waals surface area (Å²) in [4.78, 5) is 50.4. The van der Waals surface area contributed by atoms with E-state index in [4.69, 9.17) is 33.1 Å². The van der Waals surface area contributed by atoms with Gasteiger partial charge in [-0.15, -0.1) is 0 Å². The standard InChI is InChI=1S/C22H20Cl2FN5O3.C2HF3O2/c23-15-9-17-19(31)26-10-13(30(17)18(15)24)7-12-1-2-16(25)14(8-12)20(32)29-5-3-22(4-6-29)21(33)27-11-28-22;3-2(4,5)1(6)7/h1-2,8-10,28H,3-7,11H2,(H,26,31)(H,27,33);(H,6,7). The van der Waals surface area contributed by atoms with Gasteiger partial charge in [0.15, 0.2) is 12.2 Å². The number of hydrogen-bond donors (Lipinski definition) is 3. The number of quaternary nitrogens is 1. The van der Waals surface area contributed by atoms with E-state index in [1.807, 2.05) is 5.32 Å². The van der Waals surface area contributed by atoms with Gasteiger partial charge in [0.05, 0.1) is 10.6 Å². The van der Waals surface area contributed by atoms with Crippen molar-refractivity contribution in [1.82, 2.24) is 19.6 Å². The summed E-state index contributed by atoms with van der Waals surface area (Å²) in [6.07, 6.45) is -2.34. The lowest BCUT2D eigenvalue weighted by Gasteiger charge is -2.35. The number of amides is 2. The minimum absolute atomic E-state index is 0.00114. The molecule has 0 unspecified atom stereocenters. The molecule has 0 bridgehead atoms. The topological polar surface area (TPSA) is 143 Å². The monoisotopic (exact) mass is 605 g/mol. The van der Waals surface area contributed by atoms with Crippen LogP contribution in [0, 0.1) is 5.82 Å². The number of benzene rings is 1. The Morgan fingerprint density at radius 1 is 1.12 bits per heavy atom. The van der Waals surface area contributed by atoms with Crippen molar-refractivity contribution in [3.05, 3.63) is 73.6 Å². The van der Waals surface area contributed by atoms with Crippen LogP contribution in [0.3, 0.4) is 0 Å². The number of halogens is 6. The number of aromatic nitrogens is 2. The van der Waals surface area contributed by atoms with Crippen LogP contribution >= 0.6 is 23.2 Å². The van der Waals surface area contributed by atoms with Gasteiger partial charge in [-0.2, -0.15) is 13.2 Å². The number of nitrogens with zero attached hydrogens (tertiary/aromatic N) is 2. The highest BCUT2D eigenvalue weighted by atomic mass is 35.5. The van der Waals surface area contributed by atoms with Gasteiger partial charge in [0.25, 0.3) is 17.4 Å². The fraction of sp³-hybridized carbons (Fsp3) is 0.333. The fourth-order valence-corrected chi connectivity index (χ4v) is 5.14. The zero-order valence-corrected chi connectivity index (χ0v) is 21.9. The Morgan fingerprint density at radius 2 is 1.77 bits per heavy atom. The van der Waals surface area contributed by atoms with E-state index in [2.05, 4.69) is 10.3 Å². The Labute approximate surface area is 232 Å². The number of H-pyrrole nitrogens is 1. The van der Waals surface area contributed by atoms with Gasteiger partial charge in [-0.1, -0.05) is 29.3 Å². The molecule has 4 heterocycles. The van der Waals surface area contributed by atoms with Gasteiger partial charge in [0.1, 0.15) is 22.5 Å². The van der Waals surface area contributed by atoms with E-state index in [0.29, 0.717) is 49.4 Å².